The summed E-state index contributed by atoms with van der Waals surface area (Å²) < 4.78 is 0. The van der Waals surface area contributed by atoms with Crippen LogP contribution in [-0.2, 0) is 22.7 Å². The SMILES string of the molecule is C[C@@H](NOCc1ccccc1)[C@@H](CCCc1ccccc1)C(=O)O. The minimum atomic E-state index is -0.786. The lowest BCUT2D eigenvalue weighted by Gasteiger charge is -2.21. The summed E-state index contributed by atoms with van der Waals surface area (Å²) in [5.41, 5.74) is 5.17. The number of carbonyl (C=O) groups is 1. The van der Waals surface area contributed by atoms with Crippen molar-refractivity contribution in [3.8, 4) is 0 Å². The summed E-state index contributed by atoms with van der Waals surface area (Å²) in [5.74, 6) is -1.25. The first-order valence-corrected chi connectivity index (χ1v) is 8.35. The normalized spacial score (nSPS) is 13.4. The molecule has 2 rings (SSSR count). The van der Waals surface area contributed by atoms with E-state index in [2.05, 4.69) is 17.6 Å². The number of aryl methyl sites for hydroxylation is 1. The van der Waals surface area contributed by atoms with Gasteiger partial charge in [-0.1, -0.05) is 60.7 Å². The number of carboxylic acid groups (broad SMARTS) is 1. The molecule has 0 aliphatic rings. The summed E-state index contributed by atoms with van der Waals surface area (Å²) in [5, 5.41) is 9.46. The highest BCUT2D eigenvalue weighted by molar-refractivity contribution is 5.70. The second-order valence-electron chi connectivity index (χ2n) is 6.00. The molecule has 0 saturated heterocycles. The Morgan fingerprint density at radius 1 is 1.04 bits per heavy atom. The van der Waals surface area contributed by atoms with Crippen LogP contribution in [0, 0.1) is 5.92 Å². The molecule has 0 saturated carbocycles. The fraction of sp³-hybridized carbons (Fsp3) is 0.350. The van der Waals surface area contributed by atoms with Gasteiger partial charge in [0.05, 0.1) is 12.5 Å². The zero-order chi connectivity index (χ0) is 17.2. The molecule has 0 heterocycles. The van der Waals surface area contributed by atoms with E-state index >= 15 is 0 Å². The number of benzene rings is 2. The van der Waals surface area contributed by atoms with E-state index < -0.39 is 11.9 Å². The number of rotatable bonds is 10. The quantitative estimate of drug-likeness (QED) is 0.651. The predicted octanol–water partition coefficient (Wildman–Crippen LogP) is 3.82. The predicted molar refractivity (Wildman–Crippen MR) is 94.3 cm³/mol. The molecule has 0 aliphatic carbocycles. The molecular weight excluding hydrogens is 302 g/mol. The van der Waals surface area contributed by atoms with Crippen LogP contribution in [-0.4, -0.2) is 17.1 Å². The van der Waals surface area contributed by atoms with E-state index in [9.17, 15) is 9.90 Å². The molecule has 128 valence electrons. The second kappa shape index (κ2) is 9.85. The molecule has 4 heteroatoms. The monoisotopic (exact) mass is 327 g/mol. The molecule has 4 nitrogen and oxygen atoms in total. The van der Waals surface area contributed by atoms with Gasteiger partial charge in [-0.15, -0.1) is 0 Å². The van der Waals surface area contributed by atoms with Gasteiger partial charge in [0.2, 0.25) is 0 Å². The fourth-order valence-corrected chi connectivity index (χ4v) is 2.67. The average Bonchev–Trinajstić information content (AvgIpc) is 2.60. The van der Waals surface area contributed by atoms with Crippen molar-refractivity contribution in [2.24, 2.45) is 5.92 Å². The van der Waals surface area contributed by atoms with Crippen molar-refractivity contribution in [3.63, 3.8) is 0 Å². The highest BCUT2D eigenvalue weighted by Crippen LogP contribution is 2.15. The zero-order valence-electron chi connectivity index (χ0n) is 14.0. The van der Waals surface area contributed by atoms with E-state index in [-0.39, 0.29) is 6.04 Å². The summed E-state index contributed by atoms with van der Waals surface area (Å²) in [7, 11) is 0. The smallest absolute Gasteiger partial charge is 0.308 e. The Morgan fingerprint density at radius 2 is 1.62 bits per heavy atom. The third-order valence-corrected chi connectivity index (χ3v) is 4.10. The maximum Gasteiger partial charge on any atom is 0.308 e. The van der Waals surface area contributed by atoms with Gasteiger partial charge in [0.15, 0.2) is 0 Å². The Bertz CT molecular complexity index is 601. The lowest BCUT2D eigenvalue weighted by atomic mass is 9.94. The van der Waals surface area contributed by atoms with E-state index in [4.69, 9.17) is 4.84 Å². The lowest BCUT2D eigenvalue weighted by Crippen LogP contribution is -2.37. The largest absolute Gasteiger partial charge is 0.481 e. The molecule has 0 aliphatic heterocycles. The average molecular weight is 327 g/mol. The Hall–Kier alpha value is -2.17. The summed E-state index contributed by atoms with van der Waals surface area (Å²) in [6.45, 7) is 2.27. The minimum Gasteiger partial charge on any atom is -0.481 e. The van der Waals surface area contributed by atoms with Gasteiger partial charge in [-0.2, -0.15) is 5.48 Å². The van der Waals surface area contributed by atoms with E-state index in [1.165, 1.54) is 5.56 Å². The van der Waals surface area contributed by atoms with E-state index in [0.29, 0.717) is 13.0 Å². The number of hydrogen-bond donors (Lipinski definition) is 2. The number of aliphatic carboxylic acids is 1. The van der Waals surface area contributed by atoms with Gasteiger partial charge in [-0.3, -0.25) is 9.63 Å². The molecule has 2 aromatic carbocycles. The topological polar surface area (TPSA) is 58.6 Å². The van der Waals surface area contributed by atoms with Crippen LogP contribution in [0.2, 0.25) is 0 Å². The summed E-state index contributed by atoms with van der Waals surface area (Å²) in [6, 6.07) is 19.7. The van der Waals surface area contributed by atoms with Crippen molar-refractivity contribution in [1.82, 2.24) is 5.48 Å². The first kappa shape index (κ1) is 18.2. The Labute approximate surface area is 143 Å². The van der Waals surface area contributed by atoms with Crippen molar-refractivity contribution < 1.29 is 14.7 Å². The van der Waals surface area contributed by atoms with Crippen LogP contribution in [0.1, 0.15) is 30.9 Å². The van der Waals surface area contributed by atoms with Crippen molar-refractivity contribution in [1.29, 1.82) is 0 Å². The molecule has 0 fully saturated rings. The molecule has 0 amide bonds. The van der Waals surface area contributed by atoms with E-state index in [1.54, 1.807) is 0 Å². The Kier molecular flexibility index (Phi) is 7.46. The maximum atomic E-state index is 11.5. The molecule has 0 unspecified atom stereocenters. The Morgan fingerprint density at radius 3 is 2.21 bits per heavy atom. The third-order valence-electron chi connectivity index (χ3n) is 4.10. The molecule has 0 spiro atoms. The molecule has 24 heavy (non-hydrogen) atoms. The molecule has 0 bridgehead atoms. The second-order valence-corrected chi connectivity index (χ2v) is 6.00. The van der Waals surface area contributed by atoms with Gasteiger partial charge >= 0.3 is 5.97 Å². The lowest BCUT2D eigenvalue weighted by molar-refractivity contribution is -0.145. The molecule has 0 radical (unpaired) electrons. The van der Waals surface area contributed by atoms with E-state index in [0.717, 1.165) is 18.4 Å². The summed E-state index contributed by atoms with van der Waals surface area (Å²) in [4.78, 5) is 17.0. The first-order valence-electron chi connectivity index (χ1n) is 8.35. The highest BCUT2D eigenvalue weighted by Gasteiger charge is 2.24. The Balaban J connectivity index is 1.75. The standard InChI is InChI=1S/C20H25NO3/c1-16(21-24-15-18-11-6-3-7-12-18)19(20(22)23)14-8-13-17-9-4-2-5-10-17/h2-7,9-12,16,19,21H,8,13-15H2,1H3,(H,22,23)/t16-,19-/m1/s1. The van der Waals surface area contributed by atoms with Crippen molar-refractivity contribution in [3.05, 3.63) is 71.8 Å². The van der Waals surface area contributed by atoms with Gasteiger partial charge in [-0.25, -0.2) is 0 Å². The number of nitrogens with one attached hydrogen (secondary N) is 1. The molecule has 0 aromatic heterocycles. The molecule has 2 aromatic rings. The van der Waals surface area contributed by atoms with Crippen molar-refractivity contribution in [2.75, 3.05) is 0 Å². The zero-order valence-corrected chi connectivity index (χ0v) is 14.0. The van der Waals surface area contributed by atoms with Gasteiger partial charge < -0.3 is 5.11 Å². The minimum absolute atomic E-state index is 0.248. The van der Waals surface area contributed by atoms with Gasteiger partial charge in [0.1, 0.15) is 0 Å². The van der Waals surface area contributed by atoms with Crippen LogP contribution in [0.3, 0.4) is 0 Å². The molecule has 2 atom stereocenters. The van der Waals surface area contributed by atoms with Gasteiger partial charge in [0, 0.05) is 6.04 Å². The number of hydrogen-bond acceptors (Lipinski definition) is 3. The summed E-state index contributed by atoms with van der Waals surface area (Å²) >= 11 is 0. The van der Waals surface area contributed by atoms with Gasteiger partial charge in [0.25, 0.3) is 0 Å². The van der Waals surface area contributed by atoms with Crippen molar-refractivity contribution in [2.45, 2.75) is 38.8 Å². The third kappa shape index (κ3) is 6.14. The maximum absolute atomic E-state index is 11.5. The van der Waals surface area contributed by atoms with Crippen molar-refractivity contribution >= 4 is 5.97 Å². The van der Waals surface area contributed by atoms with Crippen LogP contribution < -0.4 is 5.48 Å². The number of hydroxylamine groups is 1. The van der Waals surface area contributed by atoms with Crippen LogP contribution in [0.15, 0.2) is 60.7 Å². The van der Waals surface area contributed by atoms with Gasteiger partial charge in [-0.05, 0) is 37.3 Å². The summed E-state index contributed by atoms with van der Waals surface area (Å²) in [6.07, 6.45) is 2.35. The highest BCUT2D eigenvalue weighted by atomic mass is 16.6. The molecular formula is C20H25NO3. The van der Waals surface area contributed by atoms with E-state index in [1.807, 2.05) is 55.5 Å². The fourth-order valence-electron chi connectivity index (χ4n) is 2.67. The molecule has 2 N–H and O–H groups in total. The van der Waals surface area contributed by atoms with Crippen LogP contribution >= 0.6 is 0 Å². The van der Waals surface area contributed by atoms with Crippen LogP contribution in [0.4, 0.5) is 0 Å². The first-order chi connectivity index (χ1) is 11.7. The van der Waals surface area contributed by atoms with Crippen LogP contribution in [0.25, 0.3) is 0 Å². The number of carboxylic acids is 1. The van der Waals surface area contributed by atoms with Crippen LogP contribution in [0.5, 0.6) is 0 Å².